The second-order valence-electron chi connectivity index (χ2n) is 18.6. The fourth-order valence-corrected chi connectivity index (χ4v) is 10.9. The van der Waals surface area contributed by atoms with Gasteiger partial charge in [0.25, 0.3) is 18.3 Å². The molecule has 2 aliphatic rings. The highest BCUT2D eigenvalue weighted by atomic mass is 32.2. The Morgan fingerprint density at radius 3 is 1.44 bits per heavy atom. The summed E-state index contributed by atoms with van der Waals surface area (Å²) in [7, 11) is 4.24. The number of amides is 2. The number of anilines is 2. The van der Waals surface area contributed by atoms with Gasteiger partial charge in [0.1, 0.15) is 34.3 Å². The summed E-state index contributed by atoms with van der Waals surface area (Å²) in [6, 6.07) is 18.0. The number of carbonyl (C=O) groups excluding carboxylic acids is 4. The van der Waals surface area contributed by atoms with Crippen LogP contribution in [0, 0.1) is 23.5 Å². The van der Waals surface area contributed by atoms with Crippen LogP contribution in [0.1, 0.15) is 75.8 Å². The van der Waals surface area contributed by atoms with Crippen molar-refractivity contribution < 1.29 is 78.1 Å². The van der Waals surface area contributed by atoms with Gasteiger partial charge in [-0.2, -0.15) is 0 Å². The maximum Gasteiger partial charge on any atom is 0.309 e. The third-order valence-electron chi connectivity index (χ3n) is 13.7. The first-order chi connectivity index (χ1) is 36.9. The number of carboxylic acid groups (broad SMARTS) is 1. The summed E-state index contributed by atoms with van der Waals surface area (Å²) >= 11 is 0. The molecule has 1 saturated carbocycles. The van der Waals surface area contributed by atoms with E-state index in [4.69, 9.17) is 33.3 Å². The van der Waals surface area contributed by atoms with Crippen LogP contribution in [0.15, 0.2) is 81.6 Å². The van der Waals surface area contributed by atoms with Crippen molar-refractivity contribution in [1.82, 2.24) is 15.5 Å². The van der Waals surface area contributed by atoms with Crippen molar-refractivity contribution in [2.75, 3.05) is 90.8 Å². The highest BCUT2D eigenvalue weighted by molar-refractivity contribution is 7.92. The minimum absolute atomic E-state index is 0.131. The molecule has 4 atom stereocenters. The topological polar surface area (TPSA) is 273 Å². The third-order valence-corrected chi connectivity index (χ3v) is 16.1. The smallest absolute Gasteiger partial charge is 0.309 e. The van der Waals surface area contributed by atoms with E-state index in [-0.39, 0.29) is 64.7 Å². The molecule has 1 aliphatic carbocycles. The van der Waals surface area contributed by atoms with Crippen LogP contribution in [-0.2, 0) is 43.9 Å². The number of methoxy groups -OCH3 is 2. The molecule has 2 aromatic heterocycles. The number of rotatable bonds is 12. The number of likely N-dealkylation sites (tertiary alicyclic amines) is 1. The third kappa shape index (κ3) is 13.8. The molecular formula is C54H65F2N5O15S2. The minimum atomic E-state index is -3.65. The van der Waals surface area contributed by atoms with Crippen molar-refractivity contribution in [3.05, 3.63) is 107 Å². The predicted octanol–water partition coefficient (Wildman–Crippen LogP) is 6.95. The molecule has 1 saturated heterocycles. The molecule has 0 radical (unpaired) electrons. The average molecular weight is 1130 g/mol. The van der Waals surface area contributed by atoms with Gasteiger partial charge >= 0.3 is 11.9 Å². The molecular weight excluding hydrogens is 1060 g/mol. The zero-order chi connectivity index (χ0) is 58.0. The Hall–Kier alpha value is -7.41. The van der Waals surface area contributed by atoms with Gasteiger partial charge in [0.2, 0.25) is 20.0 Å². The number of hydrogen-bond acceptors (Lipinski definition) is 15. The average Bonchev–Trinajstić information content (AvgIpc) is 4.04. The van der Waals surface area contributed by atoms with Crippen LogP contribution in [0.25, 0.3) is 44.6 Å². The van der Waals surface area contributed by atoms with Gasteiger partial charge in [-0.3, -0.25) is 32.6 Å². The summed E-state index contributed by atoms with van der Waals surface area (Å²) in [6.07, 6.45) is 5.40. The Morgan fingerprint density at radius 2 is 1.05 bits per heavy atom. The summed E-state index contributed by atoms with van der Waals surface area (Å²) in [5, 5.41) is 20.1. The van der Waals surface area contributed by atoms with E-state index in [1.54, 1.807) is 24.3 Å². The molecule has 3 heterocycles. The van der Waals surface area contributed by atoms with E-state index in [0.29, 0.717) is 87.9 Å². The van der Waals surface area contributed by atoms with Crippen molar-refractivity contribution in [3.8, 4) is 22.6 Å². The van der Waals surface area contributed by atoms with Gasteiger partial charge in [0.05, 0.1) is 61.1 Å². The normalized spacial score (nSPS) is 17.4. The van der Waals surface area contributed by atoms with E-state index < -0.39 is 43.5 Å². The van der Waals surface area contributed by atoms with Crippen LogP contribution in [0.2, 0.25) is 0 Å². The van der Waals surface area contributed by atoms with Gasteiger partial charge in [-0.1, -0.05) is 6.42 Å². The number of fused-ring (bicyclic) bond motifs is 2. The van der Waals surface area contributed by atoms with Gasteiger partial charge in [-0.05, 0) is 116 Å². The fraction of sp³-hybridized carbons (Fsp3) is 0.389. The molecule has 6 aromatic rings. The molecule has 2 amide bonds. The lowest BCUT2D eigenvalue weighted by atomic mass is 9.77. The molecule has 0 bridgehead atoms. The molecule has 78 heavy (non-hydrogen) atoms. The second kappa shape index (κ2) is 26.3. The molecule has 20 nitrogen and oxygen atoms in total. The number of nitrogens with zero attached hydrogens (tertiary/aromatic N) is 3. The number of piperidine rings is 1. The molecule has 2 fully saturated rings. The predicted molar refractivity (Wildman–Crippen MR) is 290 cm³/mol. The van der Waals surface area contributed by atoms with Crippen LogP contribution < -0.4 is 19.2 Å². The number of sulfonamides is 2. The van der Waals surface area contributed by atoms with Crippen LogP contribution in [0.3, 0.4) is 0 Å². The number of carbonyl (C=O) groups is 5. The largest absolute Gasteiger partial charge is 0.483 e. The summed E-state index contributed by atoms with van der Waals surface area (Å²) in [4.78, 5) is 61.0. The van der Waals surface area contributed by atoms with E-state index in [9.17, 15) is 44.8 Å². The van der Waals surface area contributed by atoms with E-state index in [1.165, 1.54) is 99.6 Å². The Labute approximate surface area is 451 Å². The van der Waals surface area contributed by atoms with Gasteiger partial charge in [0.15, 0.2) is 0 Å². The summed E-state index contributed by atoms with van der Waals surface area (Å²) in [6.45, 7) is 0.841. The summed E-state index contributed by atoms with van der Waals surface area (Å²) in [5.41, 5.74) is 4.35. The van der Waals surface area contributed by atoms with Crippen LogP contribution in [0.4, 0.5) is 20.2 Å². The number of nitrogens with one attached hydrogen (secondary N) is 2. The molecule has 422 valence electrons. The Balaban J connectivity index is 0.000000266. The van der Waals surface area contributed by atoms with Crippen molar-refractivity contribution in [1.29, 1.82) is 0 Å². The lowest BCUT2D eigenvalue weighted by Gasteiger charge is -2.36. The van der Waals surface area contributed by atoms with E-state index >= 15 is 0 Å². The first kappa shape index (κ1) is 61.4. The van der Waals surface area contributed by atoms with Gasteiger partial charge in [0, 0.05) is 82.4 Å². The molecule has 0 spiro atoms. The maximum absolute atomic E-state index is 13.6. The number of ether oxygens (including phenoxy) is 2. The molecule has 1 aliphatic heterocycles. The standard InChI is InChI=1S/C26H30FN3O6S.C26H29FN2O6S.CH2O2.CH4O/c1-28-25(31)23-20-11-19(16-10-17(26(32)35-4)14-29(2)13-16)21(30(3)37(5,33)34)12-22(20)36-24(23)15-6-8-18(27)9-7-15;1-28-25(30)23-20-13-19(16-6-5-7-17(12-16)26(31)34-3)21(29(2)36(4,32)33)14-22(20)35-24(23)15-8-10-18(27)11-9-15;2-1-3;1-2/h6-9,11-12,16-17H,10,13-14H2,1-5H3,(H,28,31);8-11,13-14,16-17H,5-7,12H2,1-4H3,(H,28,30);1H,(H,2,3);2H,1H3. The Morgan fingerprint density at radius 1 is 0.667 bits per heavy atom. The van der Waals surface area contributed by atoms with Crippen LogP contribution in [-0.4, -0.2) is 144 Å². The summed E-state index contributed by atoms with van der Waals surface area (Å²) in [5.74, 6) is -2.80. The maximum atomic E-state index is 13.6. The number of benzene rings is 4. The van der Waals surface area contributed by atoms with Crippen LogP contribution in [0.5, 0.6) is 0 Å². The number of esters is 2. The highest BCUT2D eigenvalue weighted by Crippen LogP contribution is 2.46. The number of hydrogen-bond donors (Lipinski definition) is 4. The van der Waals surface area contributed by atoms with Gasteiger partial charge in [-0.15, -0.1) is 0 Å². The second-order valence-corrected chi connectivity index (χ2v) is 22.7. The molecule has 8 rings (SSSR count). The molecule has 4 unspecified atom stereocenters. The zero-order valence-electron chi connectivity index (χ0n) is 44.9. The molecule has 4 aromatic carbocycles. The first-order valence-electron chi connectivity index (χ1n) is 24.3. The number of furan rings is 2. The van der Waals surface area contributed by atoms with Crippen LogP contribution >= 0.6 is 0 Å². The highest BCUT2D eigenvalue weighted by Gasteiger charge is 2.36. The SMILES string of the molecule is CNC(=O)c1c(-c2ccc(F)cc2)oc2cc(N(C)S(C)(=O)=O)c(C3CC(C(=O)OC)CN(C)C3)cc12.CNC(=O)c1c(-c2ccc(F)cc2)oc2cc(N(C)S(C)(=O)=O)c(C3CCCC(C(=O)OC)C3)cc12.CO.O=CO. The monoisotopic (exact) mass is 1130 g/mol. The van der Waals surface area contributed by atoms with E-state index in [2.05, 4.69) is 10.6 Å². The van der Waals surface area contributed by atoms with Crippen molar-refractivity contribution in [3.63, 3.8) is 0 Å². The van der Waals surface area contributed by atoms with Crippen molar-refractivity contribution in [2.45, 2.75) is 43.9 Å². The lowest BCUT2D eigenvalue weighted by Crippen LogP contribution is -2.41. The number of aliphatic hydroxyl groups is 1. The molecule has 4 N–H and O–H groups in total. The quantitative estimate of drug-likeness (QED) is 0.0713. The zero-order valence-corrected chi connectivity index (χ0v) is 46.5. The Kier molecular flexibility index (Phi) is 20.7. The summed E-state index contributed by atoms with van der Waals surface area (Å²) < 4.78 is 102. The number of halogens is 2. The van der Waals surface area contributed by atoms with Crippen molar-refractivity contribution >= 4 is 83.6 Å². The first-order valence-corrected chi connectivity index (χ1v) is 28.0. The number of aliphatic hydroxyl groups excluding tert-OH is 1. The fourth-order valence-electron chi connectivity index (χ4n) is 9.90. The van der Waals surface area contributed by atoms with Gasteiger partial charge < -0.3 is 44.1 Å². The number of likely N-dealkylation sites (N-methyl/N-ethyl adjacent to an activating group) is 1. The van der Waals surface area contributed by atoms with E-state index in [0.717, 1.165) is 32.5 Å². The lowest BCUT2D eigenvalue weighted by molar-refractivity contribution is -0.148. The molecule has 24 heteroatoms. The van der Waals surface area contributed by atoms with Gasteiger partial charge in [-0.25, -0.2) is 25.6 Å². The minimum Gasteiger partial charge on any atom is -0.483 e. The van der Waals surface area contributed by atoms with E-state index in [1.807, 2.05) is 11.9 Å². The Bertz CT molecular complexity index is 3370. The van der Waals surface area contributed by atoms with Crippen molar-refractivity contribution in [2.24, 2.45) is 11.8 Å².